The SMILES string of the molecule is COC(=O)COc1c(I)cc(C=Nn2c(-c3cc4cc(Br)ccc4o3)nc3ccccc3c2=O)cc1I. The number of aromatic nitrogens is 2. The summed E-state index contributed by atoms with van der Waals surface area (Å²) in [6.45, 7) is -0.189. The van der Waals surface area contributed by atoms with Crippen LogP contribution in [-0.2, 0) is 9.53 Å². The highest BCUT2D eigenvalue weighted by atomic mass is 127. The number of furan rings is 1. The van der Waals surface area contributed by atoms with Gasteiger partial charge in [-0.25, -0.2) is 9.78 Å². The second kappa shape index (κ2) is 10.9. The minimum atomic E-state index is -0.467. The standard InChI is InChI=1S/C26H16BrI2N3O5/c1-35-23(33)13-36-24-18(28)8-14(9-19(24)29)12-30-32-25(31-20-5-3-2-4-17(20)26(32)34)22-11-15-10-16(27)6-7-21(15)37-22/h2-12H,13H2,1H3. The summed E-state index contributed by atoms with van der Waals surface area (Å²) in [4.78, 5) is 29.6. The number of methoxy groups -OCH3 is 1. The molecule has 0 aliphatic heterocycles. The van der Waals surface area contributed by atoms with Crippen molar-refractivity contribution in [1.29, 1.82) is 0 Å². The van der Waals surface area contributed by atoms with Crippen molar-refractivity contribution >= 4 is 95.2 Å². The third-order valence-corrected chi connectivity index (χ3v) is 7.45. The van der Waals surface area contributed by atoms with E-state index in [-0.39, 0.29) is 18.0 Å². The molecule has 186 valence electrons. The first-order valence-corrected chi connectivity index (χ1v) is 13.7. The molecule has 0 saturated carbocycles. The molecule has 0 radical (unpaired) electrons. The van der Waals surface area contributed by atoms with Gasteiger partial charge in [-0.1, -0.05) is 28.1 Å². The first-order valence-electron chi connectivity index (χ1n) is 10.8. The zero-order chi connectivity index (χ0) is 26.1. The van der Waals surface area contributed by atoms with Crippen molar-refractivity contribution in [3.05, 3.63) is 88.2 Å². The second-order valence-electron chi connectivity index (χ2n) is 7.79. The van der Waals surface area contributed by atoms with Gasteiger partial charge in [-0.2, -0.15) is 9.78 Å². The first-order chi connectivity index (χ1) is 17.8. The normalized spacial score (nSPS) is 11.5. The average Bonchev–Trinajstić information content (AvgIpc) is 3.30. The molecule has 0 spiro atoms. The van der Waals surface area contributed by atoms with Crippen LogP contribution in [0.1, 0.15) is 5.56 Å². The summed E-state index contributed by atoms with van der Waals surface area (Å²) in [5.74, 6) is 0.812. The molecule has 0 atom stereocenters. The topological polar surface area (TPSA) is 95.9 Å². The summed E-state index contributed by atoms with van der Waals surface area (Å²) in [7, 11) is 1.31. The lowest BCUT2D eigenvalue weighted by Gasteiger charge is -2.10. The number of halogens is 3. The molecule has 0 bridgehead atoms. The van der Waals surface area contributed by atoms with Gasteiger partial charge >= 0.3 is 5.97 Å². The molecule has 5 aromatic rings. The van der Waals surface area contributed by atoms with Gasteiger partial charge in [0, 0.05) is 9.86 Å². The molecule has 8 nitrogen and oxygen atoms in total. The molecular formula is C26H16BrI2N3O5. The highest BCUT2D eigenvalue weighted by molar-refractivity contribution is 14.1. The predicted octanol–water partition coefficient (Wildman–Crippen LogP) is 6.22. The lowest BCUT2D eigenvalue weighted by molar-refractivity contribution is -0.142. The Morgan fingerprint density at radius 3 is 2.65 bits per heavy atom. The van der Waals surface area contributed by atoms with E-state index in [0.717, 1.165) is 22.6 Å². The van der Waals surface area contributed by atoms with E-state index in [2.05, 4.69) is 70.9 Å². The van der Waals surface area contributed by atoms with E-state index < -0.39 is 5.97 Å². The minimum Gasteiger partial charge on any atom is -0.480 e. The van der Waals surface area contributed by atoms with Gasteiger partial charge < -0.3 is 13.9 Å². The number of carbonyl (C=O) groups excluding carboxylic acids is 1. The molecule has 0 fully saturated rings. The molecular weight excluding hydrogens is 768 g/mol. The maximum Gasteiger partial charge on any atom is 0.343 e. The molecule has 5 rings (SSSR count). The number of carbonyl (C=O) groups is 1. The van der Waals surface area contributed by atoms with E-state index in [1.54, 1.807) is 24.4 Å². The molecule has 2 aromatic heterocycles. The fourth-order valence-corrected chi connectivity index (χ4v) is 6.13. The lowest BCUT2D eigenvalue weighted by Crippen LogP contribution is -2.20. The Hall–Kier alpha value is -2.78. The molecule has 0 N–H and O–H groups in total. The molecule has 11 heteroatoms. The number of ether oxygens (including phenoxy) is 2. The third-order valence-electron chi connectivity index (χ3n) is 5.36. The van der Waals surface area contributed by atoms with Gasteiger partial charge in [0.05, 0.1) is 31.4 Å². The highest BCUT2D eigenvalue weighted by Gasteiger charge is 2.17. The van der Waals surface area contributed by atoms with E-state index in [4.69, 9.17) is 14.1 Å². The van der Waals surface area contributed by atoms with Crippen molar-refractivity contribution in [2.45, 2.75) is 0 Å². The summed E-state index contributed by atoms with van der Waals surface area (Å²) >= 11 is 7.73. The van der Waals surface area contributed by atoms with Crippen LogP contribution in [0.2, 0.25) is 0 Å². The van der Waals surface area contributed by atoms with Gasteiger partial charge in [-0.3, -0.25) is 4.79 Å². The number of esters is 1. The van der Waals surface area contributed by atoms with Gasteiger partial charge in [-0.15, -0.1) is 0 Å². The Labute approximate surface area is 246 Å². The molecule has 2 heterocycles. The number of fused-ring (bicyclic) bond motifs is 2. The fourth-order valence-electron chi connectivity index (χ4n) is 3.62. The molecule has 0 unspecified atom stereocenters. The zero-order valence-electron chi connectivity index (χ0n) is 19.1. The Morgan fingerprint density at radius 1 is 1.14 bits per heavy atom. The molecule has 0 aliphatic rings. The van der Waals surface area contributed by atoms with Gasteiger partial charge in [0.15, 0.2) is 12.4 Å². The number of nitrogens with zero attached hydrogens (tertiary/aromatic N) is 3. The Balaban J connectivity index is 1.59. The van der Waals surface area contributed by atoms with Crippen LogP contribution in [0.4, 0.5) is 0 Å². The van der Waals surface area contributed by atoms with Crippen molar-refractivity contribution in [3.63, 3.8) is 0 Å². The lowest BCUT2D eigenvalue weighted by atomic mass is 10.2. The summed E-state index contributed by atoms with van der Waals surface area (Å²) in [6, 6.07) is 18.3. The van der Waals surface area contributed by atoms with Crippen LogP contribution in [0.25, 0.3) is 33.5 Å². The number of benzene rings is 3. The van der Waals surface area contributed by atoms with E-state index in [9.17, 15) is 9.59 Å². The predicted molar refractivity (Wildman–Crippen MR) is 161 cm³/mol. The van der Waals surface area contributed by atoms with Crippen molar-refractivity contribution < 1.29 is 18.7 Å². The van der Waals surface area contributed by atoms with Gasteiger partial charge in [0.25, 0.3) is 5.56 Å². The van der Waals surface area contributed by atoms with Gasteiger partial charge in [-0.05, 0) is 99.3 Å². The molecule has 0 aliphatic carbocycles. The highest BCUT2D eigenvalue weighted by Crippen LogP contribution is 2.30. The smallest absolute Gasteiger partial charge is 0.343 e. The van der Waals surface area contributed by atoms with E-state index in [1.165, 1.54) is 11.8 Å². The summed E-state index contributed by atoms with van der Waals surface area (Å²) in [6.07, 6.45) is 1.58. The number of rotatable bonds is 6. The van der Waals surface area contributed by atoms with E-state index in [0.29, 0.717) is 28.0 Å². The van der Waals surface area contributed by atoms with Crippen molar-refractivity contribution in [2.75, 3.05) is 13.7 Å². The quantitative estimate of drug-likeness (QED) is 0.116. The average molecular weight is 784 g/mol. The molecule has 0 saturated heterocycles. The molecule has 37 heavy (non-hydrogen) atoms. The maximum absolute atomic E-state index is 13.5. The Morgan fingerprint density at radius 2 is 1.89 bits per heavy atom. The van der Waals surface area contributed by atoms with Crippen LogP contribution in [0.3, 0.4) is 0 Å². The first kappa shape index (κ1) is 25.9. The third kappa shape index (κ3) is 5.43. The van der Waals surface area contributed by atoms with Crippen LogP contribution in [-0.4, -0.2) is 35.6 Å². The Kier molecular flexibility index (Phi) is 7.62. The minimum absolute atomic E-state index is 0.189. The van der Waals surface area contributed by atoms with Crippen LogP contribution in [0.5, 0.6) is 5.75 Å². The van der Waals surface area contributed by atoms with Crippen molar-refractivity contribution in [2.24, 2.45) is 5.10 Å². The zero-order valence-corrected chi connectivity index (χ0v) is 25.0. The number of hydrogen-bond donors (Lipinski definition) is 0. The van der Waals surface area contributed by atoms with Crippen LogP contribution >= 0.6 is 61.1 Å². The van der Waals surface area contributed by atoms with Gasteiger partial charge in [0.2, 0.25) is 5.82 Å². The second-order valence-corrected chi connectivity index (χ2v) is 11.0. The summed E-state index contributed by atoms with van der Waals surface area (Å²) in [5, 5.41) is 5.83. The number of hydrogen-bond acceptors (Lipinski definition) is 7. The molecule has 3 aromatic carbocycles. The summed E-state index contributed by atoms with van der Waals surface area (Å²) < 4.78 is 20.0. The van der Waals surface area contributed by atoms with Crippen LogP contribution in [0, 0.1) is 7.14 Å². The van der Waals surface area contributed by atoms with Crippen LogP contribution < -0.4 is 10.3 Å². The summed E-state index contributed by atoms with van der Waals surface area (Å²) in [5.41, 5.74) is 1.63. The Bertz CT molecular complexity index is 1740. The van der Waals surface area contributed by atoms with E-state index >= 15 is 0 Å². The van der Waals surface area contributed by atoms with Crippen LogP contribution in [0.15, 0.2) is 79.4 Å². The van der Waals surface area contributed by atoms with Crippen molar-refractivity contribution in [1.82, 2.24) is 9.66 Å². The monoisotopic (exact) mass is 783 g/mol. The van der Waals surface area contributed by atoms with Gasteiger partial charge in [0.1, 0.15) is 11.3 Å². The fraction of sp³-hybridized carbons (Fsp3) is 0.0769. The van der Waals surface area contributed by atoms with Crippen molar-refractivity contribution in [3.8, 4) is 17.3 Å². The van der Waals surface area contributed by atoms with E-state index in [1.807, 2.05) is 42.5 Å². The largest absolute Gasteiger partial charge is 0.480 e. The maximum atomic E-state index is 13.5. The number of para-hydroxylation sites is 1. The molecule has 0 amide bonds.